The van der Waals surface area contributed by atoms with E-state index in [1.54, 1.807) is 18.2 Å². The van der Waals surface area contributed by atoms with Gasteiger partial charge in [-0.25, -0.2) is 0 Å². The number of hydrogen-bond donors (Lipinski definition) is 0. The Morgan fingerprint density at radius 3 is 2.39 bits per heavy atom. The topological polar surface area (TPSA) is 43.4 Å². The van der Waals surface area contributed by atoms with E-state index in [0.717, 1.165) is 5.39 Å². The van der Waals surface area contributed by atoms with E-state index in [4.69, 9.17) is 4.18 Å². The SMILES string of the molecule is C=C(C)OS(=O)(=O)c1cccc2ccccc12.[NaH]. The van der Waals surface area contributed by atoms with Gasteiger partial charge in [-0.15, -0.1) is 0 Å². The van der Waals surface area contributed by atoms with Gasteiger partial charge in [0.1, 0.15) is 10.7 Å². The van der Waals surface area contributed by atoms with Crippen molar-refractivity contribution in [1.29, 1.82) is 0 Å². The monoisotopic (exact) mass is 272 g/mol. The number of benzene rings is 2. The van der Waals surface area contributed by atoms with Gasteiger partial charge < -0.3 is 4.18 Å². The van der Waals surface area contributed by atoms with Crippen LogP contribution in [0, 0.1) is 0 Å². The van der Waals surface area contributed by atoms with E-state index in [0.29, 0.717) is 5.39 Å². The molecule has 0 unspecified atom stereocenters. The molecule has 0 radical (unpaired) electrons. The zero-order valence-corrected chi connectivity index (χ0v) is 10.2. The molecule has 0 aliphatic heterocycles. The van der Waals surface area contributed by atoms with E-state index in [1.807, 2.05) is 18.2 Å². The third-order valence-electron chi connectivity index (χ3n) is 2.27. The molecule has 5 heteroatoms. The molecule has 2 rings (SSSR count). The normalized spacial score (nSPS) is 10.7. The Balaban J connectivity index is 0.00000162. The second kappa shape index (κ2) is 5.89. The summed E-state index contributed by atoms with van der Waals surface area (Å²) in [6.07, 6.45) is 0. The molecule has 90 valence electrons. The number of fused-ring (bicyclic) bond motifs is 1. The molecule has 0 heterocycles. The van der Waals surface area contributed by atoms with Crippen LogP contribution in [0.25, 0.3) is 10.8 Å². The van der Waals surface area contributed by atoms with Gasteiger partial charge in [-0.2, -0.15) is 8.42 Å². The Morgan fingerprint density at radius 2 is 1.72 bits per heavy atom. The van der Waals surface area contributed by atoms with Crippen LogP contribution >= 0.6 is 0 Å². The summed E-state index contributed by atoms with van der Waals surface area (Å²) in [5, 5.41) is 1.51. The van der Waals surface area contributed by atoms with Crippen LogP contribution in [0.2, 0.25) is 0 Å². The molecular weight excluding hydrogens is 259 g/mol. The molecule has 0 aliphatic rings. The minimum atomic E-state index is -3.79. The van der Waals surface area contributed by atoms with Crippen molar-refractivity contribution < 1.29 is 12.6 Å². The molecule has 0 fully saturated rings. The molecule has 0 saturated carbocycles. The van der Waals surface area contributed by atoms with Crippen LogP contribution in [-0.4, -0.2) is 38.0 Å². The summed E-state index contributed by atoms with van der Waals surface area (Å²) in [6.45, 7) is 4.95. The molecule has 0 N–H and O–H groups in total. The van der Waals surface area contributed by atoms with Crippen LogP contribution in [0.1, 0.15) is 6.92 Å². The third kappa shape index (κ3) is 3.14. The Kier molecular flexibility index (Phi) is 4.99. The van der Waals surface area contributed by atoms with Crippen LogP contribution in [0.5, 0.6) is 0 Å². The van der Waals surface area contributed by atoms with Crippen molar-refractivity contribution >= 4 is 50.4 Å². The standard InChI is InChI=1S/C13H12O3S.Na.H/c1-10(2)16-17(14,15)13-9-5-7-11-6-3-4-8-12(11)13;;/h3-9H,1H2,2H3;;. The Labute approximate surface area is 129 Å². The molecule has 0 spiro atoms. The molecule has 0 aliphatic carbocycles. The summed E-state index contributed by atoms with van der Waals surface area (Å²) >= 11 is 0. The Morgan fingerprint density at radius 1 is 1.11 bits per heavy atom. The van der Waals surface area contributed by atoms with Crippen LogP contribution in [0.3, 0.4) is 0 Å². The van der Waals surface area contributed by atoms with E-state index in [1.165, 1.54) is 13.0 Å². The second-order valence-electron chi connectivity index (χ2n) is 3.72. The van der Waals surface area contributed by atoms with E-state index in [2.05, 4.69) is 6.58 Å². The third-order valence-corrected chi connectivity index (χ3v) is 3.67. The molecule has 18 heavy (non-hydrogen) atoms. The van der Waals surface area contributed by atoms with Crippen LogP contribution < -0.4 is 0 Å². The molecule has 2 aromatic carbocycles. The van der Waals surface area contributed by atoms with Crippen LogP contribution in [-0.2, 0) is 14.3 Å². The van der Waals surface area contributed by atoms with Gasteiger partial charge in [0.05, 0.1) is 0 Å². The molecule has 3 nitrogen and oxygen atoms in total. The van der Waals surface area contributed by atoms with Crippen molar-refractivity contribution in [2.24, 2.45) is 0 Å². The van der Waals surface area contributed by atoms with Gasteiger partial charge in [-0.1, -0.05) is 43.0 Å². The molecule has 0 amide bonds. The van der Waals surface area contributed by atoms with Crippen LogP contribution in [0.15, 0.2) is 59.7 Å². The van der Waals surface area contributed by atoms with E-state index < -0.39 is 10.1 Å². The average molecular weight is 272 g/mol. The quantitative estimate of drug-likeness (QED) is 0.489. The minimum absolute atomic E-state index is 0. The molecule has 0 atom stereocenters. The fourth-order valence-corrected chi connectivity index (χ4v) is 2.81. The summed E-state index contributed by atoms with van der Waals surface area (Å²) in [7, 11) is -3.79. The van der Waals surface area contributed by atoms with Crippen molar-refractivity contribution in [3.8, 4) is 0 Å². The van der Waals surface area contributed by atoms with Crippen LogP contribution in [0.4, 0.5) is 0 Å². The van der Waals surface area contributed by atoms with Gasteiger partial charge in [-0.05, 0) is 18.4 Å². The van der Waals surface area contributed by atoms with Crippen molar-refractivity contribution in [3.63, 3.8) is 0 Å². The van der Waals surface area contributed by atoms with Gasteiger partial charge in [0.2, 0.25) is 0 Å². The average Bonchev–Trinajstić information content (AvgIpc) is 2.26. The zero-order valence-electron chi connectivity index (χ0n) is 9.38. The molecule has 0 aromatic heterocycles. The summed E-state index contributed by atoms with van der Waals surface area (Å²) < 4.78 is 28.8. The zero-order chi connectivity index (χ0) is 12.5. The van der Waals surface area contributed by atoms with Crippen molar-refractivity contribution in [3.05, 3.63) is 54.8 Å². The van der Waals surface area contributed by atoms with Crippen molar-refractivity contribution in [2.75, 3.05) is 0 Å². The van der Waals surface area contributed by atoms with Gasteiger partial charge in [-0.3, -0.25) is 0 Å². The van der Waals surface area contributed by atoms with E-state index >= 15 is 0 Å². The summed E-state index contributed by atoms with van der Waals surface area (Å²) in [5.41, 5.74) is 0. The number of hydrogen-bond acceptors (Lipinski definition) is 3. The molecule has 0 bridgehead atoms. The fourth-order valence-electron chi connectivity index (χ4n) is 1.65. The van der Waals surface area contributed by atoms with E-state index in [-0.39, 0.29) is 40.2 Å². The van der Waals surface area contributed by atoms with Gasteiger partial charge in [0.15, 0.2) is 0 Å². The first-order chi connectivity index (χ1) is 8.00. The summed E-state index contributed by atoms with van der Waals surface area (Å²) in [5.74, 6) is 0.151. The molecule has 0 saturated heterocycles. The maximum atomic E-state index is 12.0. The number of allylic oxidation sites excluding steroid dienone is 1. The predicted octanol–water partition coefficient (Wildman–Crippen LogP) is 2.43. The first kappa shape index (κ1) is 15.2. The Bertz CT molecular complexity index is 672. The van der Waals surface area contributed by atoms with Gasteiger partial charge >= 0.3 is 39.7 Å². The van der Waals surface area contributed by atoms with Crippen molar-refractivity contribution in [1.82, 2.24) is 0 Å². The van der Waals surface area contributed by atoms with Gasteiger partial charge in [0, 0.05) is 5.39 Å². The molecule has 2 aromatic rings. The predicted molar refractivity (Wildman–Crippen MR) is 74.2 cm³/mol. The summed E-state index contributed by atoms with van der Waals surface area (Å²) in [6, 6.07) is 12.3. The maximum absolute atomic E-state index is 12.0. The second-order valence-corrected chi connectivity index (χ2v) is 5.23. The molecular formula is C13H13NaO3S. The summed E-state index contributed by atoms with van der Waals surface area (Å²) in [4.78, 5) is 0.165. The number of rotatable bonds is 3. The van der Waals surface area contributed by atoms with Crippen molar-refractivity contribution in [2.45, 2.75) is 11.8 Å². The first-order valence-electron chi connectivity index (χ1n) is 5.08. The first-order valence-corrected chi connectivity index (χ1v) is 6.49. The fraction of sp³-hybridized carbons (Fsp3) is 0.0769. The Hall–Kier alpha value is -0.810. The van der Waals surface area contributed by atoms with E-state index in [9.17, 15) is 8.42 Å². The van der Waals surface area contributed by atoms with Gasteiger partial charge in [0.25, 0.3) is 0 Å².